The maximum atomic E-state index is 12.3. The number of urea groups is 1. The van der Waals surface area contributed by atoms with Gasteiger partial charge in [0.2, 0.25) is 0 Å². The maximum Gasteiger partial charge on any atom is 0.319 e. The number of methoxy groups -OCH3 is 1. The summed E-state index contributed by atoms with van der Waals surface area (Å²) in [5.74, 6) is 1.12. The zero-order valence-electron chi connectivity index (χ0n) is 15.1. The molecule has 26 heavy (non-hydrogen) atoms. The molecule has 1 fully saturated rings. The lowest BCUT2D eigenvalue weighted by Gasteiger charge is -2.20. The fourth-order valence-corrected chi connectivity index (χ4v) is 3.38. The van der Waals surface area contributed by atoms with Crippen molar-refractivity contribution in [2.45, 2.75) is 31.9 Å². The Hall–Kier alpha value is -2.53. The number of hydrogen-bond acceptors (Lipinski definition) is 3. The number of carbonyl (C=O) groups excluding carboxylic acids is 1. The Morgan fingerprint density at radius 1 is 1.12 bits per heavy atom. The first kappa shape index (κ1) is 18.3. The highest BCUT2D eigenvalue weighted by Crippen LogP contribution is 2.26. The standard InChI is InChI=1S/C21H26N2O3/c1-25-15-17-9-5-12-20(17)23-21(24)22-18-10-6-11-19(13-18)26-14-16-7-3-2-4-8-16/h2-4,6-8,10-11,13,17,20H,5,9,12,14-15H2,1H3,(H2,22,23,24). The Bertz CT molecular complexity index is 705. The van der Waals surface area contributed by atoms with Crippen LogP contribution in [-0.2, 0) is 11.3 Å². The molecular formula is C21H26N2O3. The van der Waals surface area contributed by atoms with Crippen molar-refractivity contribution in [1.29, 1.82) is 0 Å². The molecule has 0 aliphatic heterocycles. The van der Waals surface area contributed by atoms with Gasteiger partial charge in [-0.1, -0.05) is 42.8 Å². The molecule has 0 aromatic heterocycles. The zero-order valence-corrected chi connectivity index (χ0v) is 15.1. The lowest BCUT2D eigenvalue weighted by molar-refractivity contribution is 0.142. The highest BCUT2D eigenvalue weighted by Gasteiger charge is 2.28. The Morgan fingerprint density at radius 2 is 1.96 bits per heavy atom. The van der Waals surface area contributed by atoms with Crippen LogP contribution in [0.5, 0.6) is 5.75 Å². The normalized spacial score (nSPS) is 19.1. The second-order valence-electron chi connectivity index (χ2n) is 6.65. The number of ether oxygens (including phenoxy) is 2. The molecule has 0 spiro atoms. The summed E-state index contributed by atoms with van der Waals surface area (Å²) < 4.78 is 11.1. The third kappa shape index (κ3) is 5.23. The third-order valence-corrected chi connectivity index (χ3v) is 4.70. The summed E-state index contributed by atoms with van der Waals surface area (Å²) in [6.07, 6.45) is 3.23. The molecule has 2 N–H and O–H groups in total. The van der Waals surface area contributed by atoms with Crippen LogP contribution in [0.2, 0.25) is 0 Å². The molecule has 3 rings (SSSR count). The predicted octanol–water partition coefficient (Wildman–Crippen LogP) is 4.20. The van der Waals surface area contributed by atoms with Gasteiger partial charge in [0, 0.05) is 30.8 Å². The molecule has 2 amide bonds. The van der Waals surface area contributed by atoms with Gasteiger partial charge in [0.05, 0.1) is 6.61 Å². The summed E-state index contributed by atoms with van der Waals surface area (Å²) in [6.45, 7) is 1.19. The van der Waals surface area contributed by atoms with E-state index in [0.717, 1.165) is 30.6 Å². The molecule has 2 atom stereocenters. The van der Waals surface area contributed by atoms with Crippen molar-refractivity contribution in [3.05, 3.63) is 60.2 Å². The molecule has 0 radical (unpaired) electrons. The summed E-state index contributed by atoms with van der Waals surface area (Å²) >= 11 is 0. The lowest BCUT2D eigenvalue weighted by atomic mass is 10.1. The number of carbonyl (C=O) groups is 1. The molecule has 138 valence electrons. The van der Waals surface area contributed by atoms with Crippen LogP contribution in [0.4, 0.5) is 10.5 Å². The first-order chi connectivity index (χ1) is 12.7. The molecule has 2 unspecified atom stereocenters. The highest BCUT2D eigenvalue weighted by atomic mass is 16.5. The van der Waals surface area contributed by atoms with E-state index in [9.17, 15) is 4.79 Å². The molecule has 2 aromatic rings. The van der Waals surface area contributed by atoms with Crippen molar-refractivity contribution in [3.63, 3.8) is 0 Å². The van der Waals surface area contributed by atoms with Gasteiger partial charge in [-0.05, 0) is 30.5 Å². The van der Waals surface area contributed by atoms with Crippen molar-refractivity contribution in [2.24, 2.45) is 5.92 Å². The van der Waals surface area contributed by atoms with Gasteiger partial charge in [-0.2, -0.15) is 0 Å². The fraction of sp³-hybridized carbons (Fsp3) is 0.381. The fourth-order valence-electron chi connectivity index (χ4n) is 3.38. The number of anilines is 1. The smallest absolute Gasteiger partial charge is 0.319 e. The van der Waals surface area contributed by atoms with E-state index in [1.54, 1.807) is 7.11 Å². The number of hydrogen-bond donors (Lipinski definition) is 2. The van der Waals surface area contributed by atoms with Crippen LogP contribution in [0.25, 0.3) is 0 Å². The van der Waals surface area contributed by atoms with Gasteiger partial charge >= 0.3 is 6.03 Å². The molecule has 1 saturated carbocycles. The van der Waals surface area contributed by atoms with Crippen molar-refractivity contribution in [3.8, 4) is 5.75 Å². The number of rotatable bonds is 7. The SMILES string of the molecule is COCC1CCCC1NC(=O)Nc1cccc(OCc2ccccc2)c1. The van der Waals surface area contributed by atoms with Crippen LogP contribution in [0.1, 0.15) is 24.8 Å². The summed E-state index contributed by atoms with van der Waals surface area (Å²) in [4.78, 5) is 12.3. The van der Waals surface area contributed by atoms with Gasteiger partial charge in [-0.25, -0.2) is 4.79 Å². The van der Waals surface area contributed by atoms with Gasteiger partial charge in [0.15, 0.2) is 0 Å². The zero-order chi connectivity index (χ0) is 18.2. The molecule has 2 aromatic carbocycles. The summed E-state index contributed by atoms with van der Waals surface area (Å²) in [6, 6.07) is 17.4. The van der Waals surface area contributed by atoms with Crippen molar-refractivity contribution < 1.29 is 14.3 Å². The minimum absolute atomic E-state index is 0.174. The first-order valence-electron chi connectivity index (χ1n) is 9.08. The van der Waals surface area contributed by atoms with E-state index in [0.29, 0.717) is 24.8 Å². The Kier molecular flexibility index (Phi) is 6.50. The molecule has 1 aliphatic carbocycles. The van der Waals surface area contributed by atoms with Gasteiger partial charge in [-0.3, -0.25) is 0 Å². The quantitative estimate of drug-likeness (QED) is 0.783. The highest BCUT2D eigenvalue weighted by molar-refractivity contribution is 5.89. The minimum atomic E-state index is -0.182. The van der Waals surface area contributed by atoms with Crippen LogP contribution in [0, 0.1) is 5.92 Å². The van der Waals surface area contributed by atoms with E-state index >= 15 is 0 Å². The van der Waals surface area contributed by atoms with E-state index in [-0.39, 0.29) is 12.1 Å². The second-order valence-corrected chi connectivity index (χ2v) is 6.65. The number of benzene rings is 2. The van der Waals surface area contributed by atoms with Crippen LogP contribution in [0.3, 0.4) is 0 Å². The van der Waals surface area contributed by atoms with E-state index < -0.39 is 0 Å². The van der Waals surface area contributed by atoms with Crippen molar-refractivity contribution in [2.75, 3.05) is 19.0 Å². The summed E-state index contributed by atoms with van der Waals surface area (Å²) in [7, 11) is 1.70. The van der Waals surface area contributed by atoms with Gasteiger partial charge in [0.1, 0.15) is 12.4 Å². The molecule has 1 aliphatic rings. The van der Waals surface area contributed by atoms with E-state index in [4.69, 9.17) is 9.47 Å². The first-order valence-corrected chi connectivity index (χ1v) is 9.08. The number of amides is 2. The molecule has 0 heterocycles. The molecule has 0 saturated heterocycles. The van der Waals surface area contributed by atoms with Crippen LogP contribution in [0.15, 0.2) is 54.6 Å². The van der Waals surface area contributed by atoms with Crippen LogP contribution >= 0.6 is 0 Å². The lowest BCUT2D eigenvalue weighted by Crippen LogP contribution is -2.41. The Balaban J connectivity index is 1.52. The third-order valence-electron chi connectivity index (χ3n) is 4.70. The molecule has 0 bridgehead atoms. The largest absolute Gasteiger partial charge is 0.489 e. The summed E-state index contributed by atoms with van der Waals surface area (Å²) in [5, 5.41) is 5.97. The predicted molar refractivity (Wildman–Crippen MR) is 102 cm³/mol. The van der Waals surface area contributed by atoms with E-state index in [1.807, 2.05) is 54.6 Å². The molecular weight excluding hydrogens is 328 g/mol. The van der Waals surface area contributed by atoms with Crippen LogP contribution < -0.4 is 15.4 Å². The minimum Gasteiger partial charge on any atom is -0.489 e. The summed E-state index contributed by atoms with van der Waals surface area (Å²) in [5.41, 5.74) is 1.82. The van der Waals surface area contributed by atoms with Crippen molar-refractivity contribution in [1.82, 2.24) is 5.32 Å². The van der Waals surface area contributed by atoms with Crippen LogP contribution in [-0.4, -0.2) is 25.8 Å². The van der Waals surface area contributed by atoms with Crippen molar-refractivity contribution >= 4 is 11.7 Å². The molecule has 5 heteroatoms. The second kappa shape index (κ2) is 9.25. The van der Waals surface area contributed by atoms with Gasteiger partial charge < -0.3 is 20.1 Å². The maximum absolute atomic E-state index is 12.3. The Labute approximate surface area is 154 Å². The molecule has 5 nitrogen and oxygen atoms in total. The number of nitrogens with one attached hydrogen (secondary N) is 2. The van der Waals surface area contributed by atoms with Gasteiger partial charge in [-0.15, -0.1) is 0 Å². The average molecular weight is 354 g/mol. The van der Waals surface area contributed by atoms with E-state index in [1.165, 1.54) is 0 Å². The Morgan fingerprint density at radius 3 is 2.77 bits per heavy atom. The topological polar surface area (TPSA) is 59.6 Å². The van der Waals surface area contributed by atoms with Gasteiger partial charge in [0.25, 0.3) is 0 Å². The van der Waals surface area contributed by atoms with E-state index in [2.05, 4.69) is 10.6 Å². The monoisotopic (exact) mass is 354 g/mol. The average Bonchev–Trinajstić information content (AvgIpc) is 3.08.